The Morgan fingerprint density at radius 2 is 2.14 bits per heavy atom. The molecular weight excluding hydrogens is 198 g/mol. The van der Waals surface area contributed by atoms with Crippen molar-refractivity contribution in [1.29, 1.82) is 0 Å². The number of halogens is 1. The predicted octanol–water partition coefficient (Wildman–Crippen LogP) is 2.26. The molecule has 80 valence electrons. The zero-order valence-corrected chi connectivity index (χ0v) is 9.46. The third-order valence-electron chi connectivity index (χ3n) is 3.38. The quantitative estimate of drug-likeness (QED) is 0.648. The summed E-state index contributed by atoms with van der Waals surface area (Å²) in [6.45, 7) is 3.84. The van der Waals surface area contributed by atoms with Crippen LogP contribution in [0.25, 0.3) is 0 Å². The van der Waals surface area contributed by atoms with Gasteiger partial charge in [0.2, 0.25) is 5.91 Å². The Kier molecular flexibility index (Phi) is 3.01. The van der Waals surface area contributed by atoms with E-state index in [1.807, 2.05) is 4.90 Å². The molecule has 3 heteroatoms. The molecule has 1 amide bonds. The van der Waals surface area contributed by atoms with E-state index in [0.29, 0.717) is 17.7 Å². The average Bonchev–Trinajstić information content (AvgIpc) is 2.93. The van der Waals surface area contributed by atoms with E-state index in [0.717, 1.165) is 25.9 Å². The minimum absolute atomic E-state index is 0.159. The van der Waals surface area contributed by atoms with Crippen LogP contribution >= 0.6 is 11.6 Å². The van der Waals surface area contributed by atoms with E-state index in [2.05, 4.69) is 6.92 Å². The van der Waals surface area contributed by atoms with Crippen molar-refractivity contribution in [3.63, 3.8) is 0 Å². The van der Waals surface area contributed by atoms with Gasteiger partial charge in [-0.2, -0.15) is 0 Å². The molecular formula is C11H18ClNO. The van der Waals surface area contributed by atoms with Gasteiger partial charge in [-0.1, -0.05) is 6.92 Å². The van der Waals surface area contributed by atoms with Crippen molar-refractivity contribution in [1.82, 2.24) is 4.90 Å². The lowest BCUT2D eigenvalue weighted by molar-refractivity contribution is -0.132. The van der Waals surface area contributed by atoms with Crippen molar-refractivity contribution < 1.29 is 4.79 Å². The number of likely N-dealkylation sites (tertiary alicyclic amines) is 1. The number of nitrogens with zero attached hydrogens (tertiary/aromatic N) is 1. The molecule has 14 heavy (non-hydrogen) atoms. The molecule has 1 aliphatic carbocycles. The van der Waals surface area contributed by atoms with Gasteiger partial charge in [0, 0.05) is 19.5 Å². The van der Waals surface area contributed by atoms with Gasteiger partial charge >= 0.3 is 0 Å². The number of piperidine rings is 1. The molecule has 0 spiro atoms. The molecule has 2 aliphatic rings. The number of hydrogen-bond donors (Lipinski definition) is 0. The molecule has 2 unspecified atom stereocenters. The monoisotopic (exact) mass is 215 g/mol. The fraction of sp³-hybridized carbons (Fsp3) is 0.909. The second-order valence-corrected chi connectivity index (χ2v) is 5.33. The lowest BCUT2D eigenvalue weighted by Gasteiger charge is -2.34. The lowest BCUT2D eigenvalue weighted by Crippen LogP contribution is -2.43. The van der Waals surface area contributed by atoms with E-state index in [4.69, 9.17) is 11.6 Å². The van der Waals surface area contributed by atoms with Crippen molar-refractivity contribution in [3.8, 4) is 0 Å². The molecule has 2 nitrogen and oxygen atoms in total. The number of amides is 1. The lowest BCUT2D eigenvalue weighted by atomic mass is 9.98. The van der Waals surface area contributed by atoms with Crippen molar-refractivity contribution in [3.05, 3.63) is 0 Å². The van der Waals surface area contributed by atoms with Crippen LogP contribution in [-0.2, 0) is 4.79 Å². The van der Waals surface area contributed by atoms with E-state index in [1.54, 1.807) is 0 Å². The second-order valence-electron chi connectivity index (χ2n) is 4.77. The van der Waals surface area contributed by atoms with Crippen LogP contribution in [0, 0.1) is 11.8 Å². The molecule has 1 saturated heterocycles. The van der Waals surface area contributed by atoms with Gasteiger partial charge in [0.15, 0.2) is 0 Å². The largest absolute Gasteiger partial charge is 0.341 e. The topological polar surface area (TPSA) is 20.3 Å². The summed E-state index contributed by atoms with van der Waals surface area (Å²) in [5, 5.41) is 0.159. The van der Waals surface area contributed by atoms with Crippen LogP contribution in [-0.4, -0.2) is 29.3 Å². The molecule has 0 aromatic carbocycles. The second kappa shape index (κ2) is 4.09. The van der Waals surface area contributed by atoms with Gasteiger partial charge in [0.1, 0.15) is 0 Å². The summed E-state index contributed by atoms with van der Waals surface area (Å²) in [6.07, 6.45) is 4.32. The highest BCUT2D eigenvalue weighted by molar-refractivity contribution is 6.21. The van der Waals surface area contributed by atoms with Gasteiger partial charge in [-0.3, -0.25) is 4.79 Å². The Hall–Kier alpha value is -0.240. The predicted molar refractivity (Wildman–Crippen MR) is 57.3 cm³/mol. The van der Waals surface area contributed by atoms with Gasteiger partial charge in [0.05, 0.1) is 5.38 Å². The molecule has 0 aromatic heterocycles. The van der Waals surface area contributed by atoms with Crippen LogP contribution in [0.2, 0.25) is 0 Å². The molecule has 0 aromatic rings. The number of hydrogen-bond acceptors (Lipinski definition) is 1. The fourth-order valence-electron chi connectivity index (χ4n) is 1.95. The van der Waals surface area contributed by atoms with Gasteiger partial charge in [0.25, 0.3) is 0 Å². The van der Waals surface area contributed by atoms with Gasteiger partial charge < -0.3 is 4.90 Å². The molecule has 0 bridgehead atoms. The van der Waals surface area contributed by atoms with Crippen molar-refractivity contribution in [2.45, 2.75) is 38.0 Å². The fourth-order valence-corrected chi connectivity index (χ4v) is 2.24. The van der Waals surface area contributed by atoms with Crippen LogP contribution in [0.4, 0.5) is 0 Å². The first-order valence-corrected chi connectivity index (χ1v) is 6.02. The Bertz CT molecular complexity index is 227. The Morgan fingerprint density at radius 1 is 1.43 bits per heavy atom. The summed E-state index contributed by atoms with van der Waals surface area (Å²) in [6, 6.07) is 0. The SMILES string of the molecule is CC1CCN(C(=O)CC2CC2)CC1Cl. The van der Waals surface area contributed by atoms with Gasteiger partial charge in [-0.25, -0.2) is 0 Å². The minimum Gasteiger partial charge on any atom is -0.341 e. The number of alkyl halides is 1. The molecule has 1 heterocycles. The summed E-state index contributed by atoms with van der Waals surface area (Å²) >= 11 is 6.16. The zero-order chi connectivity index (χ0) is 10.1. The standard InChI is InChI=1S/C11H18ClNO/c1-8-4-5-13(7-10(8)12)11(14)6-9-2-3-9/h8-10H,2-7H2,1H3. The van der Waals surface area contributed by atoms with Crippen LogP contribution in [0.15, 0.2) is 0 Å². The van der Waals surface area contributed by atoms with Crippen molar-refractivity contribution in [2.24, 2.45) is 11.8 Å². The number of rotatable bonds is 2. The molecule has 2 rings (SSSR count). The molecule has 0 radical (unpaired) electrons. The summed E-state index contributed by atoms with van der Waals surface area (Å²) in [5.41, 5.74) is 0. The van der Waals surface area contributed by atoms with Gasteiger partial charge in [-0.15, -0.1) is 11.6 Å². The third kappa shape index (κ3) is 2.41. The molecule has 1 aliphatic heterocycles. The maximum Gasteiger partial charge on any atom is 0.222 e. The maximum atomic E-state index is 11.8. The highest BCUT2D eigenvalue weighted by Crippen LogP contribution is 2.33. The first kappa shape index (κ1) is 10.3. The highest BCUT2D eigenvalue weighted by Gasteiger charge is 2.31. The Morgan fingerprint density at radius 3 is 2.71 bits per heavy atom. The maximum absolute atomic E-state index is 11.8. The van der Waals surface area contributed by atoms with E-state index in [9.17, 15) is 4.79 Å². The first-order valence-electron chi connectivity index (χ1n) is 5.58. The Balaban J connectivity index is 1.82. The van der Waals surface area contributed by atoms with E-state index in [-0.39, 0.29) is 5.38 Å². The summed E-state index contributed by atoms with van der Waals surface area (Å²) < 4.78 is 0. The summed E-state index contributed by atoms with van der Waals surface area (Å²) in [4.78, 5) is 13.7. The minimum atomic E-state index is 0.159. The van der Waals surface area contributed by atoms with Crippen LogP contribution < -0.4 is 0 Å². The molecule has 0 N–H and O–H groups in total. The number of carbonyl (C=O) groups excluding carboxylic acids is 1. The average molecular weight is 216 g/mol. The van der Waals surface area contributed by atoms with Crippen molar-refractivity contribution in [2.75, 3.05) is 13.1 Å². The third-order valence-corrected chi connectivity index (χ3v) is 3.95. The molecule has 2 fully saturated rings. The highest BCUT2D eigenvalue weighted by atomic mass is 35.5. The summed E-state index contributed by atoms with van der Waals surface area (Å²) in [5.74, 6) is 1.57. The van der Waals surface area contributed by atoms with E-state index in [1.165, 1.54) is 12.8 Å². The van der Waals surface area contributed by atoms with Gasteiger partial charge in [-0.05, 0) is 31.1 Å². The normalized spacial score (nSPS) is 33.1. The van der Waals surface area contributed by atoms with Crippen LogP contribution in [0.3, 0.4) is 0 Å². The van der Waals surface area contributed by atoms with E-state index >= 15 is 0 Å². The first-order chi connectivity index (χ1) is 6.66. The number of carbonyl (C=O) groups is 1. The van der Waals surface area contributed by atoms with Crippen LogP contribution in [0.5, 0.6) is 0 Å². The van der Waals surface area contributed by atoms with E-state index < -0.39 is 0 Å². The molecule has 2 atom stereocenters. The smallest absolute Gasteiger partial charge is 0.222 e. The van der Waals surface area contributed by atoms with Crippen LogP contribution in [0.1, 0.15) is 32.6 Å². The van der Waals surface area contributed by atoms with Crippen molar-refractivity contribution >= 4 is 17.5 Å². The summed E-state index contributed by atoms with van der Waals surface area (Å²) in [7, 11) is 0. The zero-order valence-electron chi connectivity index (χ0n) is 8.71. The molecule has 1 saturated carbocycles. The Labute approximate surface area is 90.6 Å².